The number of nitrogens with zero attached hydrogens (tertiary/aromatic N) is 2. The predicted molar refractivity (Wildman–Crippen MR) is 90.0 cm³/mol. The second kappa shape index (κ2) is 7.59. The molecule has 0 spiro atoms. The van der Waals surface area contributed by atoms with Gasteiger partial charge in [0, 0.05) is 17.6 Å². The largest absolute Gasteiger partial charge is 0.369 e. The van der Waals surface area contributed by atoms with Gasteiger partial charge in [0.15, 0.2) is 0 Å². The Morgan fingerprint density at radius 3 is 2.55 bits per heavy atom. The van der Waals surface area contributed by atoms with E-state index in [9.17, 15) is 0 Å². The van der Waals surface area contributed by atoms with Gasteiger partial charge in [-0.1, -0.05) is 35.0 Å². The zero-order chi connectivity index (χ0) is 14.4. The topological polar surface area (TPSA) is 49.8 Å². The molecule has 0 saturated carbocycles. The van der Waals surface area contributed by atoms with Crippen LogP contribution in [0.3, 0.4) is 0 Å². The summed E-state index contributed by atoms with van der Waals surface area (Å²) in [5, 5.41) is 6.58. The molecular weight excluding hydrogens is 384 g/mol. The summed E-state index contributed by atoms with van der Waals surface area (Å²) >= 11 is 7.01. The van der Waals surface area contributed by atoms with Gasteiger partial charge in [0.2, 0.25) is 0 Å². The van der Waals surface area contributed by atoms with Gasteiger partial charge >= 0.3 is 0 Å². The van der Waals surface area contributed by atoms with Crippen LogP contribution in [0.15, 0.2) is 39.5 Å². The first-order chi connectivity index (χ1) is 9.70. The molecule has 0 unspecified atom stereocenters. The summed E-state index contributed by atoms with van der Waals surface area (Å²) in [6, 6.07) is 8.18. The molecule has 0 fully saturated rings. The molecule has 106 valence electrons. The van der Waals surface area contributed by atoms with Crippen LogP contribution in [0.1, 0.15) is 18.9 Å². The van der Waals surface area contributed by atoms with E-state index >= 15 is 0 Å². The normalized spacial score (nSPS) is 10.3. The zero-order valence-corrected chi connectivity index (χ0v) is 14.3. The maximum atomic E-state index is 4.26. The van der Waals surface area contributed by atoms with Crippen LogP contribution < -0.4 is 10.6 Å². The minimum Gasteiger partial charge on any atom is -0.369 e. The SMILES string of the molecule is CCCNc1ncnc(NCc2cccc(Br)c2)c1Br. The quantitative estimate of drug-likeness (QED) is 0.753. The summed E-state index contributed by atoms with van der Waals surface area (Å²) in [6.07, 6.45) is 2.61. The van der Waals surface area contributed by atoms with Gasteiger partial charge in [-0.2, -0.15) is 0 Å². The van der Waals surface area contributed by atoms with E-state index in [4.69, 9.17) is 0 Å². The van der Waals surface area contributed by atoms with Gasteiger partial charge in [0.1, 0.15) is 22.4 Å². The summed E-state index contributed by atoms with van der Waals surface area (Å²) in [7, 11) is 0. The number of hydrogen-bond acceptors (Lipinski definition) is 4. The van der Waals surface area contributed by atoms with Gasteiger partial charge in [-0.3, -0.25) is 0 Å². The van der Waals surface area contributed by atoms with Gasteiger partial charge in [0.05, 0.1) is 0 Å². The van der Waals surface area contributed by atoms with E-state index in [1.807, 2.05) is 12.1 Å². The lowest BCUT2D eigenvalue weighted by Crippen LogP contribution is -2.07. The van der Waals surface area contributed by atoms with E-state index in [1.54, 1.807) is 6.33 Å². The Kier molecular flexibility index (Phi) is 5.79. The van der Waals surface area contributed by atoms with Gasteiger partial charge in [-0.15, -0.1) is 0 Å². The fourth-order valence-corrected chi connectivity index (χ4v) is 2.62. The maximum absolute atomic E-state index is 4.26. The first kappa shape index (κ1) is 15.3. The number of hydrogen-bond donors (Lipinski definition) is 2. The number of halogens is 2. The van der Waals surface area contributed by atoms with Crippen molar-refractivity contribution < 1.29 is 0 Å². The highest BCUT2D eigenvalue weighted by molar-refractivity contribution is 9.11. The molecule has 2 rings (SSSR count). The summed E-state index contributed by atoms with van der Waals surface area (Å²) in [5.41, 5.74) is 1.19. The van der Waals surface area contributed by atoms with E-state index in [0.29, 0.717) is 6.54 Å². The minimum absolute atomic E-state index is 0.711. The Bertz CT molecular complexity index is 575. The number of rotatable bonds is 6. The molecule has 20 heavy (non-hydrogen) atoms. The van der Waals surface area contributed by atoms with Crippen LogP contribution >= 0.6 is 31.9 Å². The third-order valence-electron chi connectivity index (χ3n) is 2.68. The van der Waals surface area contributed by atoms with Gasteiger partial charge in [0.25, 0.3) is 0 Å². The molecule has 1 aromatic heterocycles. The van der Waals surface area contributed by atoms with Crippen molar-refractivity contribution >= 4 is 43.5 Å². The molecule has 0 saturated heterocycles. The minimum atomic E-state index is 0.711. The van der Waals surface area contributed by atoms with E-state index in [2.05, 4.69) is 71.5 Å². The molecule has 0 radical (unpaired) electrons. The Morgan fingerprint density at radius 1 is 1.10 bits per heavy atom. The van der Waals surface area contributed by atoms with Crippen LogP contribution in [0, 0.1) is 0 Å². The summed E-state index contributed by atoms with van der Waals surface area (Å²) in [6.45, 7) is 3.72. The van der Waals surface area contributed by atoms with Crippen molar-refractivity contribution in [2.24, 2.45) is 0 Å². The standard InChI is InChI=1S/C14H16Br2N4/c1-2-6-17-13-12(16)14(20-9-19-13)18-8-10-4-3-5-11(15)7-10/h3-5,7,9H,2,6,8H2,1H3,(H2,17,18,19,20). The molecule has 0 bridgehead atoms. The summed E-state index contributed by atoms with van der Waals surface area (Å²) in [5.74, 6) is 1.61. The van der Waals surface area contributed by atoms with Crippen molar-refractivity contribution in [2.45, 2.75) is 19.9 Å². The van der Waals surface area contributed by atoms with E-state index < -0.39 is 0 Å². The molecule has 0 aliphatic heterocycles. The van der Waals surface area contributed by atoms with Gasteiger partial charge in [-0.05, 0) is 40.0 Å². The highest BCUT2D eigenvalue weighted by Gasteiger charge is 2.07. The molecule has 2 N–H and O–H groups in total. The fourth-order valence-electron chi connectivity index (χ4n) is 1.69. The van der Waals surface area contributed by atoms with Crippen molar-refractivity contribution in [3.05, 3.63) is 45.1 Å². The second-order valence-corrected chi connectivity index (χ2v) is 6.00. The van der Waals surface area contributed by atoms with E-state index in [0.717, 1.165) is 33.5 Å². The average molecular weight is 400 g/mol. The van der Waals surface area contributed by atoms with Crippen LogP contribution in [0.5, 0.6) is 0 Å². The summed E-state index contributed by atoms with van der Waals surface area (Å²) < 4.78 is 1.94. The van der Waals surface area contributed by atoms with Crippen molar-refractivity contribution in [3.8, 4) is 0 Å². The van der Waals surface area contributed by atoms with Crippen LogP contribution in [-0.2, 0) is 6.54 Å². The molecule has 0 amide bonds. The molecular formula is C14H16Br2N4. The lowest BCUT2D eigenvalue weighted by Gasteiger charge is -2.11. The van der Waals surface area contributed by atoms with Crippen LogP contribution in [-0.4, -0.2) is 16.5 Å². The monoisotopic (exact) mass is 398 g/mol. The zero-order valence-electron chi connectivity index (χ0n) is 11.2. The third kappa shape index (κ3) is 4.18. The van der Waals surface area contributed by atoms with E-state index in [-0.39, 0.29) is 0 Å². The Hall–Kier alpha value is -1.14. The Labute approximate surface area is 135 Å². The maximum Gasteiger partial charge on any atom is 0.146 e. The highest BCUT2D eigenvalue weighted by atomic mass is 79.9. The predicted octanol–water partition coefficient (Wildman–Crippen LogP) is 4.44. The van der Waals surface area contributed by atoms with Crippen LogP contribution in [0.4, 0.5) is 11.6 Å². The molecule has 4 nitrogen and oxygen atoms in total. The molecule has 0 atom stereocenters. The smallest absolute Gasteiger partial charge is 0.146 e. The molecule has 0 aliphatic carbocycles. The average Bonchev–Trinajstić information content (AvgIpc) is 2.45. The van der Waals surface area contributed by atoms with E-state index in [1.165, 1.54) is 5.56 Å². The van der Waals surface area contributed by atoms with Crippen LogP contribution in [0.2, 0.25) is 0 Å². The number of nitrogens with one attached hydrogen (secondary N) is 2. The first-order valence-electron chi connectivity index (χ1n) is 6.43. The second-order valence-electron chi connectivity index (χ2n) is 4.30. The molecule has 2 aromatic rings. The molecule has 1 heterocycles. The first-order valence-corrected chi connectivity index (χ1v) is 8.02. The molecule has 1 aromatic carbocycles. The van der Waals surface area contributed by atoms with Gasteiger partial charge in [-0.25, -0.2) is 9.97 Å². The van der Waals surface area contributed by atoms with Crippen molar-refractivity contribution in [2.75, 3.05) is 17.2 Å². The Morgan fingerprint density at radius 2 is 1.85 bits per heavy atom. The van der Waals surface area contributed by atoms with Crippen molar-refractivity contribution in [1.29, 1.82) is 0 Å². The fraction of sp³-hybridized carbons (Fsp3) is 0.286. The molecule has 6 heteroatoms. The number of anilines is 2. The van der Waals surface area contributed by atoms with Crippen molar-refractivity contribution in [3.63, 3.8) is 0 Å². The lowest BCUT2D eigenvalue weighted by molar-refractivity contribution is 0.960. The third-order valence-corrected chi connectivity index (χ3v) is 3.93. The Balaban J connectivity index is 2.06. The van der Waals surface area contributed by atoms with Gasteiger partial charge < -0.3 is 10.6 Å². The highest BCUT2D eigenvalue weighted by Crippen LogP contribution is 2.27. The summed E-state index contributed by atoms with van der Waals surface area (Å²) in [4.78, 5) is 8.49. The van der Waals surface area contributed by atoms with Crippen molar-refractivity contribution in [1.82, 2.24) is 9.97 Å². The van der Waals surface area contributed by atoms with Crippen LogP contribution in [0.25, 0.3) is 0 Å². The molecule has 0 aliphatic rings. The number of benzene rings is 1. The lowest BCUT2D eigenvalue weighted by atomic mass is 10.2. The number of aromatic nitrogens is 2.